The number of esters is 2. The van der Waals surface area contributed by atoms with Crippen molar-refractivity contribution in [2.45, 2.75) is 245 Å². The molecule has 0 rings (SSSR count). The van der Waals surface area contributed by atoms with Crippen molar-refractivity contribution in [3.05, 3.63) is 72.9 Å². The van der Waals surface area contributed by atoms with Gasteiger partial charge in [0.2, 0.25) is 0 Å². The Hall–Kier alpha value is -2.66. The summed E-state index contributed by atoms with van der Waals surface area (Å²) in [5, 5.41) is 0. The summed E-state index contributed by atoms with van der Waals surface area (Å²) >= 11 is 0. The van der Waals surface area contributed by atoms with Gasteiger partial charge in [0.1, 0.15) is 6.61 Å². The maximum absolute atomic E-state index is 12.8. The molecule has 0 amide bonds. The standard InChI is InChI=1S/C55H96O5/c1-4-7-10-13-16-19-22-25-27-28-29-31-33-36-39-42-45-48-54(56)59-52-53(51-58-50-47-44-41-38-35-32-26-23-20-17-14-11-8-5-2)60-55(57)49-46-43-40-37-34-30-24-21-18-15-12-9-6-3/h8,11,17,20-21,24-27,32,38,41,53H,4-7,9-10,12-16,18-19,22-23,28-31,33-37,39-40,42-52H2,1-3H3/b11-8-,20-17-,24-21-,27-25-,32-26-,41-38-. The molecule has 0 fully saturated rings. The van der Waals surface area contributed by atoms with Gasteiger partial charge in [-0.25, -0.2) is 0 Å². The van der Waals surface area contributed by atoms with Crippen LogP contribution >= 0.6 is 0 Å². The van der Waals surface area contributed by atoms with Gasteiger partial charge in [-0.15, -0.1) is 0 Å². The monoisotopic (exact) mass is 837 g/mol. The molecular formula is C55H96O5. The Kier molecular flexibility index (Phi) is 48.4. The van der Waals surface area contributed by atoms with Crippen LogP contribution in [0.5, 0.6) is 0 Å². The van der Waals surface area contributed by atoms with Gasteiger partial charge in [-0.05, 0) is 103 Å². The highest BCUT2D eigenvalue weighted by atomic mass is 16.6. The van der Waals surface area contributed by atoms with E-state index in [-0.39, 0.29) is 25.2 Å². The van der Waals surface area contributed by atoms with Crippen molar-refractivity contribution in [3.63, 3.8) is 0 Å². The third-order valence-corrected chi connectivity index (χ3v) is 10.7. The molecule has 0 aromatic heterocycles. The number of allylic oxidation sites excluding steroid dienone is 12. The van der Waals surface area contributed by atoms with Crippen molar-refractivity contribution in [2.75, 3.05) is 19.8 Å². The number of hydrogen-bond donors (Lipinski definition) is 0. The van der Waals surface area contributed by atoms with E-state index in [1.54, 1.807) is 0 Å². The van der Waals surface area contributed by atoms with Gasteiger partial charge in [-0.2, -0.15) is 0 Å². The molecule has 0 N–H and O–H groups in total. The number of rotatable bonds is 46. The Bertz CT molecular complexity index is 1080. The Morgan fingerprint density at radius 1 is 0.383 bits per heavy atom. The lowest BCUT2D eigenvalue weighted by Crippen LogP contribution is -2.30. The molecule has 5 nitrogen and oxygen atoms in total. The predicted octanol–water partition coefficient (Wildman–Crippen LogP) is 17.1. The number of unbranched alkanes of at least 4 members (excludes halogenated alkanes) is 23. The van der Waals surface area contributed by atoms with Crippen molar-refractivity contribution >= 4 is 11.9 Å². The Morgan fingerprint density at radius 3 is 1.23 bits per heavy atom. The minimum absolute atomic E-state index is 0.0565. The van der Waals surface area contributed by atoms with Gasteiger partial charge in [0.05, 0.1) is 6.61 Å². The van der Waals surface area contributed by atoms with E-state index in [4.69, 9.17) is 14.2 Å². The molecule has 0 aliphatic carbocycles. The van der Waals surface area contributed by atoms with Gasteiger partial charge in [0.15, 0.2) is 6.10 Å². The second kappa shape index (κ2) is 50.7. The van der Waals surface area contributed by atoms with Crippen LogP contribution in [0.15, 0.2) is 72.9 Å². The van der Waals surface area contributed by atoms with Gasteiger partial charge in [-0.1, -0.05) is 196 Å². The molecule has 5 heteroatoms. The number of hydrogen-bond acceptors (Lipinski definition) is 5. The molecule has 346 valence electrons. The highest BCUT2D eigenvalue weighted by Crippen LogP contribution is 2.13. The fourth-order valence-corrected chi connectivity index (χ4v) is 6.91. The minimum Gasteiger partial charge on any atom is -0.462 e. The molecule has 0 aliphatic heterocycles. The topological polar surface area (TPSA) is 61.8 Å². The van der Waals surface area contributed by atoms with E-state index in [2.05, 4.69) is 93.7 Å². The summed E-state index contributed by atoms with van der Waals surface area (Å²) in [6.45, 7) is 7.55. The van der Waals surface area contributed by atoms with Crippen LogP contribution in [0.3, 0.4) is 0 Å². The van der Waals surface area contributed by atoms with E-state index in [1.165, 1.54) is 122 Å². The second-order valence-corrected chi connectivity index (χ2v) is 16.7. The SMILES string of the molecule is CC/C=C\C/C=C\C/C=C\C/C=C\CCCOCC(COC(=O)CCCCCCCCC/C=C\CCCCCCCC)OC(=O)CCCCCCC/C=C\CCCCCC. The average Bonchev–Trinajstić information content (AvgIpc) is 3.25. The average molecular weight is 837 g/mol. The lowest BCUT2D eigenvalue weighted by Gasteiger charge is -2.18. The van der Waals surface area contributed by atoms with E-state index in [0.29, 0.717) is 19.4 Å². The quantitative estimate of drug-likeness (QED) is 0.0347. The van der Waals surface area contributed by atoms with Gasteiger partial charge in [-0.3, -0.25) is 9.59 Å². The fraction of sp³-hybridized carbons (Fsp3) is 0.745. The first-order valence-electron chi connectivity index (χ1n) is 25.5. The summed E-state index contributed by atoms with van der Waals surface area (Å²) in [6, 6.07) is 0. The van der Waals surface area contributed by atoms with Gasteiger partial charge in [0, 0.05) is 19.4 Å². The Balaban J connectivity index is 4.34. The van der Waals surface area contributed by atoms with Crippen LogP contribution in [0.25, 0.3) is 0 Å². The van der Waals surface area contributed by atoms with E-state index in [0.717, 1.165) is 83.5 Å². The molecule has 0 spiro atoms. The summed E-state index contributed by atoms with van der Waals surface area (Å²) in [7, 11) is 0. The summed E-state index contributed by atoms with van der Waals surface area (Å²) in [4.78, 5) is 25.4. The molecule has 0 aromatic rings. The Labute approximate surface area is 372 Å². The first-order valence-corrected chi connectivity index (χ1v) is 25.5. The minimum atomic E-state index is -0.571. The van der Waals surface area contributed by atoms with Crippen LogP contribution in [0.2, 0.25) is 0 Å². The van der Waals surface area contributed by atoms with Crippen LogP contribution in [0, 0.1) is 0 Å². The maximum Gasteiger partial charge on any atom is 0.306 e. The first-order chi connectivity index (χ1) is 29.6. The molecule has 0 heterocycles. The van der Waals surface area contributed by atoms with Gasteiger partial charge < -0.3 is 14.2 Å². The van der Waals surface area contributed by atoms with E-state index < -0.39 is 6.10 Å². The molecule has 0 bridgehead atoms. The van der Waals surface area contributed by atoms with Gasteiger partial charge >= 0.3 is 11.9 Å². The summed E-state index contributed by atoms with van der Waals surface area (Å²) in [5.41, 5.74) is 0. The van der Waals surface area contributed by atoms with Crippen molar-refractivity contribution in [1.29, 1.82) is 0 Å². The van der Waals surface area contributed by atoms with Crippen LogP contribution in [-0.2, 0) is 23.8 Å². The molecule has 1 unspecified atom stereocenters. The molecule has 0 radical (unpaired) electrons. The number of carbonyl (C=O) groups excluding carboxylic acids is 2. The third-order valence-electron chi connectivity index (χ3n) is 10.7. The first kappa shape index (κ1) is 57.3. The molecule has 60 heavy (non-hydrogen) atoms. The highest BCUT2D eigenvalue weighted by Gasteiger charge is 2.17. The van der Waals surface area contributed by atoms with Crippen LogP contribution < -0.4 is 0 Å². The zero-order valence-electron chi connectivity index (χ0n) is 39.7. The summed E-state index contributed by atoms with van der Waals surface area (Å²) in [5.74, 6) is -0.441. The van der Waals surface area contributed by atoms with Crippen molar-refractivity contribution < 1.29 is 23.8 Å². The van der Waals surface area contributed by atoms with Crippen molar-refractivity contribution in [1.82, 2.24) is 0 Å². The normalized spacial score (nSPS) is 12.8. The molecule has 0 aliphatic rings. The predicted molar refractivity (Wildman–Crippen MR) is 260 cm³/mol. The van der Waals surface area contributed by atoms with Crippen LogP contribution in [0.1, 0.15) is 239 Å². The molecule has 0 saturated carbocycles. The summed E-state index contributed by atoms with van der Waals surface area (Å²) < 4.78 is 17.3. The highest BCUT2D eigenvalue weighted by molar-refractivity contribution is 5.70. The molecular weight excluding hydrogens is 741 g/mol. The summed E-state index contributed by atoms with van der Waals surface area (Å²) in [6.07, 6.45) is 64.9. The number of carbonyl (C=O) groups is 2. The lowest BCUT2D eigenvalue weighted by molar-refractivity contribution is -0.163. The maximum atomic E-state index is 12.8. The largest absolute Gasteiger partial charge is 0.462 e. The molecule has 0 aromatic carbocycles. The van der Waals surface area contributed by atoms with E-state index in [9.17, 15) is 9.59 Å². The zero-order valence-corrected chi connectivity index (χ0v) is 39.7. The third kappa shape index (κ3) is 48.0. The smallest absolute Gasteiger partial charge is 0.306 e. The van der Waals surface area contributed by atoms with Gasteiger partial charge in [0.25, 0.3) is 0 Å². The van der Waals surface area contributed by atoms with E-state index in [1.807, 2.05) is 0 Å². The van der Waals surface area contributed by atoms with Crippen molar-refractivity contribution in [2.24, 2.45) is 0 Å². The second-order valence-electron chi connectivity index (χ2n) is 16.7. The van der Waals surface area contributed by atoms with Crippen molar-refractivity contribution in [3.8, 4) is 0 Å². The van der Waals surface area contributed by atoms with Crippen LogP contribution in [0.4, 0.5) is 0 Å². The molecule has 1 atom stereocenters. The lowest BCUT2D eigenvalue weighted by atomic mass is 10.1. The number of ether oxygens (including phenoxy) is 3. The van der Waals surface area contributed by atoms with Crippen LogP contribution in [-0.4, -0.2) is 37.9 Å². The van der Waals surface area contributed by atoms with E-state index >= 15 is 0 Å². The molecule has 0 saturated heterocycles. The zero-order chi connectivity index (χ0) is 43.5. The fourth-order valence-electron chi connectivity index (χ4n) is 6.91. The Morgan fingerprint density at radius 2 is 0.750 bits per heavy atom.